The summed E-state index contributed by atoms with van der Waals surface area (Å²) in [5.41, 5.74) is 6.97. The van der Waals surface area contributed by atoms with Crippen LogP contribution in [0.2, 0.25) is 0 Å². The van der Waals surface area contributed by atoms with Crippen molar-refractivity contribution in [3.05, 3.63) is 12.2 Å². The van der Waals surface area contributed by atoms with Crippen molar-refractivity contribution in [2.75, 3.05) is 6.54 Å². The average Bonchev–Trinajstić information content (AvgIpc) is 1.95. The van der Waals surface area contributed by atoms with Gasteiger partial charge in [-0.05, 0) is 37.6 Å². The second kappa shape index (κ2) is 3.20. The van der Waals surface area contributed by atoms with E-state index < -0.39 is 0 Å². The molecule has 1 fully saturated rings. The molecule has 0 saturated heterocycles. The summed E-state index contributed by atoms with van der Waals surface area (Å²) in [6.45, 7) is 7.14. The maximum Gasteiger partial charge on any atom is -0.00458 e. The van der Waals surface area contributed by atoms with Crippen molar-refractivity contribution in [3.8, 4) is 0 Å². The molecule has 1 aliphatic rings. The van der Waals surface area contributed by atoms with Crippen LogP contribution in [0, 0.1) is 11.8 Å². The first-order valence-corrected chi connectivity index (χ1v) is 4.11. The Balaban J connectivity index is 2.41. The van der Waals surface area contributed by atoms with E-state index in [1.165, 1.54) is 18.4 Å². The lowest BCUT2D eigenvalue weighted by Crippen LogP contribution is -2.21. The van der Waals surface area contributed by atoms with E-state index in [1.807, 2.05) is 0 Å². The number of allylic oxidation sites excluding steroid dienone is 1. The number of hydrogen-bond acceptors (Lipinski definition) is 1. The zero-order valence-corrected chi connectivity index (χ0v) is 6.77. The van der Waals surface area contributed by atoms with Crippen LogP contribution < -0.4 is 5.73 Å². The minimum atomic E-state index is 0.726. The Kier molecular flexibility index (Phi) is 2.50. The fourth-order valence-electron chi connectivity index (χ4n) is 1.57. The highest BCUT2D eigenvalue weighted by molar-refractivity contribution is 5.03. The second-order valence-corrected chi connectivity index (χ2v) is 3.44. The third-order valence-electron chi connectivity index (χ3n) is 2.59. The maximum absolute atomic E-state index is 5.57. The zero-order valence-electron chi connectivity index (χ0n) is 6.77. The highest BCUT2D eigenvalue weighted by atomic mass is 14.5. The van der Waals surface area contributed by atoms with Crippen molar-refractivity contribution < 1.29 is 0 Å². The van der Waals surface area contributed by atoms with Gasteiger partial charge in [-0.1, -0.05) is 19.1 Å². The lowest BCUT2D eigenvalue weighted by molar-refractivity contribution is 0.371. The topological polar surface area (TPSA) is 26.0 Å². The molecule has 1 aliphatic carbocycles. The summed E-state index contributed by atoms with van der Waals surface area (Å²) >= 11 is 0. The summed E-state index contributed by atoms with van der Waals surface area (Å²) in [7, 11) is 0. The lowest BCUT2D eigenvalue weighted by atomic mass is 9.80. The number of hydrogen-bond donors (Lipinski definition) is 1. The smallest absolute Gasteiger partial charge is 0.00458 e. The minimum Gasteiger partial charge on any atom is -0.330 e. The van der Waals surface area contributed by atoms with Crippen LogP contribution in [-0.4, -0.2) is 6.54 Å². The first kappa shape index (κ1) is 7.80. The van der Waals surface area contributed by atoms with Crippen molar-refractivity contribution in [3.63, 3.8) is 0 Å². The average molecular weight is 139 g/mol. The Morgan fingerprint density at radius 3 is 2.80 bits per heavy atom. The van der Waals surface area contributed by atoms with Gasteiger partial charge in [0.2, 0.25) is 0 Å². The van der Waals surface area contributed by atoms with Crippen LogP contribution in [0.4, 0.5) is 0 Å². The molecule has 0 spiro atoms. The molecule has 0 heterocycles. The van der Waals surface area contributed by atoms with Gasteiger partial charge < -0.3 is 5.73 Å². The molecular weight excluding hydrogens is 122 g/mol. The quantitative estimate of drug-likeness (QED) is 0.552. The number of rotatable bonds is 1. The summed E-state index contributed by atoms with van der Waals surface area (Å²) in [6.07, 6.45) is 3.76. The molecule has 1 saturated carbocycles. The highest BCUT2D eigenvalue weighted by Crippen LogP contribution is 2.30. The van der Waals surface area contributed by atoms with Crippen LogP contribution in [0.3, 0.4) is 0 Å². The largest absolute Gasteiger partial charge is 0.330 e. The van der Waals surface area contributed by atoms with Crippen LogP contribution in [-0.2, 0) is 0 Å². The van der Waals surface area contributed by atoms with E-state index in [0.29, 0.717) is 0 Å². The molecule has 0 bridgehead atoms. The summed E-state index contributed by atoms with van der Waals surface area (Å²) in [5, 5.41) is 0. The Hall–Kier alpha value is -0.300. The Labute approximate surface area is 63.3 Å². The third-order valence-corrected chi connectivity index (χ3v) is 2.59. The monoisotopic (exact) mass is 139 g/mol. The molecule has 2 unspecified atom stereocenters. The molecule has 0 amide bonds. The van der Waals surface area contributed by atoms with E-state index in [2.05, 4.69) is 13.5 Å². The summed E-state index contributed by atoms with van der Waals surface area (Å²) in [4.78, 5) is 0. The van der Waals surface area contributed by atoms with E-state index >= 15 is 0 Å². The summed E-state index contributed by atoms with van der Waals surface area (Å²) in [5.74, 6) is 1.46. The van der Waals surface area contributed by atoms with Crippen LogP contribution in [0.15, 0.2) is 12.2 Å². The Morgan fingerprint density at radius 2 is 2.30 bits per heavy atom. The van der Waals surface area contributed by atoms with Gasteiger partial charge in [0.05, 0.1) is 0 Å². The van der Waals surface area contributed by atoms with Crippen LogP contribution in [0.25, 0.3) is 0 Å². The molecule has 2 atom stereocenters. The molecule has 1 heteroatoms. The van der Waals surface area contributed by atoms with Crippen LogP contribution >= 0.6 is 0 Å². The molecule has 10 heavy (non-hydrogen) atoms. The van der Waals surface area contributed by atoms with Crippen LogP contribution in [0.5, 0.6) is 0 Å². The van der Waals surface area contributed by atoms with Gasteiger partial charge in [-0.2, -0.15) is 0 Å². The van der Waals surface area contributed by atoms with Crippen molar-refractivity contribution in [2.24, 2.45) is 17.6 Å². The first-order chi connectivity index (χ1) is 4.74. The zero-order chi connectivity index (χ0) is 7.56. The van der Waals surface area contributed by atoms with Gasteiger partial charge in [0, 0.05) is 0 Å². The SMILES string of the molecule is C=C1CC(CN)CCC1C. The molecular formula is C9H17N. The predicted molar refractivity (Wildman–Crippen MR) is 44.7 cm³/mol. The highest BCUT2D eigenvalue weighted by Gasteiger charge is 2.19. The van der Waals surface area contributed by atoms with Crippen molar-refractivity contribution in [1.82, 2.24) is 0 Å². The van der Waals surface area contributed by atoms with Gasteiger partial charge in [0.1, 0.15) is 0 Å². The molecule has 58 valence electrons. The fourth-order valence-corrected chi connectivity index (χ4v) is 1.57. The standard InChI is InChI=1S/C9H17N/c1-7-3-4-9(6-10)5-8(7)2/h7,9H,2-6,10H2,1H3. The second-order valence-electron chi connectivity index (χ2n) is 3.44. The van der Waals surface area contributed by atoms with Gasteiger partial charge >= 0.3 is 0 Å². The Bertz CT molecular complexity index is 129. The Morgan fingerprint density at radius 1 is 1.60 bits per heavy atom. The van der Waals surface area contributed by atoms with E-state index in [9.17, 15) is 0 Å². The number of nitrogens with two attached hydrogens (primary N) is 1. The predicted octanol–water partition coefficient (Wildman–Crippen LogP) is 1.94. The van der Waals surface area contributed by atoms with Gasteiger partial charge in [-0.25, -0.2) is 0 Å². The molecule has 0 aromatic carbocycles. The normalized spacial score (nSPS) is 34.4. The molecule has 0 aliphatic heterocycles. The molecule has 1 rings (SSSR count). The third kappa shape index (κ3) is 1.60. The van der Waals surface area contributed by atoms with E-state index in [-0.39, 0.29) is 0 Å². The molecule has 0 radical (unpaired) electrons. The van der Waals surface area contributed by atoms with Gasteiger partial charge in [0.15, 0.2) is 0 Å². The molecule has 0 aromatic heterocycles. The molecule has 2 N–H and O–H groups in total. The van der Waals surface area contributed by atoms with E-state index in [4.69, 9.17) is 5.73 Å². The lowest BCUT2D eigenvalue weighted by Gasteiger charge is -2.27. The van der Waals surface area contributed by atoms with Crippen molar-refractivity contribution in [2.45, 2.75) is 26.2 Å². The molecule has 0 aromatic rings. The summed E-state index contributed by atoms with van der Waals surface area (Å²) in [6, 6.07) is 0. The van der Waals surface area contributed by atoms with E-state index in [1.54, 1.807) is 0 Å². The molecule has 1 nitrogen and oxygen atoms in total. The van der Waals surface area contributed by atoms with Crippen molar-refractivity contribution >= 4 is 0 Å². The summed E-state index contributed by atoms with van der Waals surface area (Å²) < 4.78 is 0. The maximum atomic E-state index is 5.57. The van der Waals surface area contributed by atoms with Gasteiger partial charge in [-0.3, -0.25) is 0 Å². The van der Waals surface area contributed by atoms with Crippen LogP contribution in [0.1, 0.15) is 26.2 Å². The van der Waals surface area contributed by atoms with Crippen molar-refractivity contribution in [1.29, 1.82) is 0 Å². The fraction of sp³-hybridized carbons (Fsp3) is 0.778. The minimum absolute atomic E-state index is 0.726. The van der Waals surface area contributed by atoms with Gasteiger partial charge in [0.25, 0.3) is 0 Å². The first-order valence-electron chi connectivity index (χ1n) is 4.11. The van der Waals surface area contributed by atoms with E-state index in [0.717, 1.165) is 24.8 Å². The van der Waals surface area contributed by atoms with Gasteiger partial charge in [-0.15, -0.1) is 0 Å².